The highest BCUT2D eigenvalue weighted by Crippen LogP contribution is 2.27. The van der Waals surface area contributed by atoms with Crippen LogP contribution >= 0.6 is 0 Å². The summed E-state index contributed by atoms with van der Waals surface area (Å²) in [5.74, 6) is -0.695. The SMILES string of the molecule is O=C(Nc1ccccc1)c1cc([C@@H]2CCN(C(=O)c3ccc(F)cc3)C2)[nH]n1. The number of halogens is 1. The summed E-state index contributed by atoms with van der Waals surface area (Å²) in [6, 6.07) is 16.5. The quantitative estimate of drug-likeness (QED) is 0.730. The number of hydrogen-bond donors (Lipinski definition) is 2. The molecule has 0 spiro atoms. The zero-order valence-corrected chi connectivity index (χ0v) is 15.1. The second-order valence-corrected chi connectivity index (χ2v) is 6.77. The van der Waals surface area contributed by atoms with Crippen molar-refractivity contribution in [1.82, 2.24) is 15.1 Å². The molecule has 2 heterocycles. The second-order valence-electron chi connectivity index (χ2n) is 6.77. The number of aromatic nitrogens is 2. The molecule has 3 aromatic rings. The van der Waals surface area contributed by atoms with E-state index in [1.54, 1.807) is 23.1 Å². The van der Waals surface area contributed by atoms with Crippen LogP contribution in [0, 0.1) is 5.82 Å². The lowest BCUT2D eigenvalue weighted by atomic mass is 10.0. The predicted octanol–water partition coefficient (Wildman–Crippen LogP) is 3.43. The Kier molecular flexibility index (Phi) is 4.89. The molecule has 1 aliphatic heterocycles. The van der Waals surface area contributed by atoms with Gasteiger partial charge < -0.3 is 10.2 Å². The van der Waals surface area contributed by atoms with E-state index in [0.29, 0.717) is 30.0 Å². The van der Waals surface area contributed by atoms with Crippen molar-refractivity contribution in [3.05, 3.63) is 83.4 Å². The van der Waals surface area contributed by atoms with Crippen LogP contribution in [0.2, 0.25) is 0 Å². The molecular formula is C21H19FN4O2. The molecule has 0 aliphatic carbocycles. The highest BCUT2D eigenvalue weighted by molar-refractivity contribution is 6.02. The maximum atomic E-state index is 13.0. The minimum Gasteiger partial charge on any atom is -0.338 e. The van der Waals surface area contributed by atoms with E-state index in [1.807, 2.05) is 18.2 Å². The molecule has 0 unspecified atom stereocenters. The first-order valence-electron chi connectivity index (χ1n) is 9.07. The van der Waals surface area contributed by atoms with Gasteiger partial charge in [0.25, 0.3) is 11.8 Å². The van der Waals surface area contributed by atoms with Gasteiger partial charge in [0, 0.05) is 36.0 Å². The number of nitrogens with zero attached hydrogens (tertiary/aromatic N) is 2. The van der Waals surface area contributed by atoms with Crippen molar-refractivity contribution in [3.8, 4) is 0 Å². The Morgan fingerprint density at radius 2 is 1.86 bits per heavy atom. The molecule has 6 nitrogen and oxygen atoms in total. The fourth-order valence-electron chi connectivity index (χ4n) is 3.35. The number of carbonyl (C=O) groups is 2. The number of hydrogen-bond acceptors (Lipinski definition) is 3. The Morgan fingerprint density at radius 3 is 2.61 bits per heavy atom. The Bertz CT molecular complexity index is 985. The van der Waals surface area contributed by atoms with E-state index in [9.17, 15) is 14.0 Å². The lowest BCUT2D eigenvalue weighted by Crippen LogP contribution is -2.28. The molecule has 0 radical (unpaired) electrons. The molecule has 1 saturated heterocycles. The number of carbonyl (C=O) groups excluding carboxylic acids is 2. The maximum absolute atomic E-state index is 13.0. The van der Waals surface area contributed by atoms with Crippen LogP contribution < -0.4 is 5.32 Å². The molecule has 1 atom stereocenters. The van der Waals surface area contributed by atoms with Gasteiger partial charge in [0.15, 0.2) is 5.69 Å². The summed E-state index contributed by atoms with van der Waals surface area (Å²) in [5, 5.41) is 9.83. The van der Waals surface area contributed by atoms with E-state index < -0.39 is 0 Å². The number of nitrogens with one attached hydrogen (secondary N) is 2. The van der Waals surface area contributed by atoms with E-state index in [1.165, 1.54) is 24.3 Å². The number of amides is 2. The van der Waals surface area contributed by atoms with Gasteiger partial charge >= 0.3 is 0 Å². The molecule has 2 amide bonds. The van der Waals surface area contributed by atoms with Crippen molar-refractivity contribution in [3.63, 3.8) is 0 Å². The summed E-state index contributed by atoms with van der Waals surface area (Å²) in [5.41, 5.74) is 2.30. The van der Waals surface area contributed by atoms with Crippen LogP contribution in [0.4, 0.5) is 10.1 Å². The van der Waals surface area contributed by atoms with Gasteiger partial charge in [-0.15, -0.1) is 0 Å². The first-order chi connectivity index (χ1) is 13.6. The van der Waals surface area contributed by atoms with Crippen LogP contribution in [0.3, 0.4) is 0 Å². The number of benzene rings is 2. The van der Waals surface area contributed by atoms with E-state index in [4.69, 9.17) is 0 Å². The molecule has 0 saturated carbocycles. The molecular weight excluding hydrogens is 359 g/mol. The monoisotopic (exact) mass is 378 g/mol. The molecule has 2 N–H and O–H groups in total. The smallest absolute Gasteiger partial charge is 0.276 e. The van der Waals surface area contributed by atoms with Crippen molar-refractivity contribution >= 4 is 17.5 Å². The number of para-hydroxylation sites is 1. The first kappa shape index (κ1) is 17.9. The Morgan fingerprint density at radius 1 is 1.11 bits per heavy atom. The Hall–Kier alpha value is -3.48. The average Bonchev–Trinajstić information content (AvgIpc) is 3.38. The molecule has 0 bridgehead atoms. The third-order valence-electron chi connectivity index (χ3n) is 4.87. The molecule has 142 valence electrons. The zero-order valence-electron chi connectivity index (χ0n) is 15.1. The van der Waals surface area contributed by atoms with Crippen LogP contribution in [0.1, 0.15) is 38.9 Å². The second kappa shape index (κ2) is 7.64. The van der Waals surface area contributed by atoms with Crippen LogP contribution in [-0.4, -0.2) is 40.0 Å². The summed E-state index contributed by atoms with van der Waals surface area (Å²) >= 11 is 0. The summed E-state index contributed by atoms with van der Waals surface area (Å²) in [6.45, 7) is 1.13. The lowest BCUT2D eigenvalue weighted by Gasteiger charge is -2.16. The van der Waals surface area contributed by atoms with Crippen molar-refractivity contribution in [2.75, 3.05) is 18.4 Å². The van der Waals surface area contributed by atoms with Gasteiger partial charge in [-0.25, -0.2) is 4.39 Å². The number of aromatic amines is 1. The van der Waals surface area contributed by atoms with Gasteiger partial charge in [-0.2, -0.15) is 5.10 Å². The fourth-order valence-corrected chi connectivity index (χ4v) is 3.35. The minimum atomic E-state index is -0.366. The van der Waals surface area contributed by atoms with E-state index in [-0.39, 0.29) is 23.5 Å². The van der Waals surface area contributed by atoms with E-state index >= 15 is 0 Å². The van der Waals surface area contributed by atoms with Gasteiger partial charge in [0.2, 0.25) is 0 Å². The topological polar surface area (TPSA) is 78.1 Å². The van der Waals surface area contributed by atoms with Gasteiger partial charge in [-0.3, -0.25) is 14.7 Å². The van der Waals surface area contributed by atoms with Gasteiger partial charge in [0.05, 0.1) is 0 Å². The van der Waals surface area contributed by atoms with Crippen molar-refractivity contribution < 1.29 is 14.0 Å². The van der Waals surface area contributed by atoms with Gasteiger partial charge in [-0.1, -0.05) is 18.2 Å². The molecule has 1 aromatic heterocycles. The molecule has 7 heteroatoms. The van der Waals surface area contributed by atoms with Crippen LogP contribution in [0.15, 0.2) is 60.7 Å². The third-order valence-corrected chi connectivity index (χ3v) is 4.87. The first-order valence-corrected chi connectivity index (χ1v) is 9.07. The average molecular weight is 378 g/mol. The van der Waals surface area contributed by atoms with Crippen LogP contribution in [0.5, 0.6) is 0 Å². The van der Waals surface area contributed by atoms with Crippen molar-refractivity contribution in [2.24, 2.45) is 0 Å². The number of anilines is 1. The van der Waals surface area contributed by atoms with Crippen LogP contribution in [0.25, 0.3) is 0 Å². The minimum absolute atomic E-state index is 0.0789. The number of H-pyrrole nitrogens is 1. The molecule has 1 aliphatic rings. The van der Waals surface area contributed by atoms with Gasteiger partial charge in [0.1, 0.15) is 5.82 Å². The standard InChI is InChI=1S/C21H19FN4O2/c22-16-8-6-14(7-9-16)21(28)26-11-10-15(13-26)18-12-19(25-24-18)20(27)23-17-4-2-1-3-5-17/h1-9,12,15H,10-11,13H2,(H,23,27)(H,24,25)/t15-/m1/s1. The summed E-state index contributed by atoms with van der Waals surface area (Å²) in [7, 11) is 0. The summed E-state index contributed by atoms with van der Waals surface area (Å²) in [4.78, 5) is 26.6. The lowest BCUT2D eigenvalue weighted by molar-refractivity contribution is 0.0790. The molecule has 2 aromatic carbocycles. The summed E-state index contributed by atoms with van der Waals surface area (Å²) < 4.78 is 13.0. The Balaban J connectivity index is 1.40. The van der Waals surface area contributed by atoms with Crippen molar-refractivity contribution in [1.29, 1.82) is 0 Å². The number of rotatable bonds is 4. The highest BCUT2D eigenvalue weighted by Gasteiger charge is 2.29. The van der Waals surface area contributed by atoms with Crippen molar-refractivity contribution in [2.45, 2.75) is 12.3 Å². The molecule has 4 rings (SSSR count). The predicted molar refractivity (Wildman–Crippen MR) is 103 cm³/mol. The molecule has 28 heavy (non-hydrogen) atoms. The maximum Gasteiger partial charge on any atom is 0.276 e. The van der Waals surface area contributed by atoms with Gasteiger partial charge in [-0.05, 0) is 48.9 Å². The largest absolute Gasteiger partial charge is 0.338 e. The fraction of sp³-hybridized carbons (Fsp3) is 0.190. The highest BCUT2D eigenvalue weighted by atomic mass is 19.1. The van der Waals surface area contributed by atoms with Crippen LogP contribution in [-0.2, 0) is 0 Å². The molecule has 1 fully saturated rings. The normalized spacial score (nSPS) is 16.2. The van der Waals surface area contributed by atoms with E-state index in [0.717, 1.165) is 12.1 Å². The third kappa shape index (κ3) is 3.78. The Labute approximate surface area is 161 Å². The van der Waals surface area contributed by atoms with E-state index in [2.05, 4.69) is 15.5 Å². The zero-order chi connectivity index (χ0) is 19.5. The summed E-state index contributed by atoms with van der Waals surface area (Å²) in [6.07, 6.45) is 0.773. The number of likely N-dealkylation sites (tertiary alicyclic amines) is 1.